The first-order valence-corrected chi connectivity index (χ1v) is 11.6. The van der Waals surface area contributed by atoms with Crippen LogP contribution in [0.2, 0.25) is 0 Å². The number of anilines is 1. The number of nitrogens with one attached hydrogen (secondary N) is 2. The molecule has 0 atom stereocenters. The quantitative estimate of drug-likeness (QED) is 0.692. The van der Waals surface area contributed by atoms with Crippen molar-refractivity contribution in [1.82, 2.24) is 20.0 Å². The van der Waals surface area contributed by atoms with Crippen molar-refractivity contribution in [3.8, 4) is 0 Å². The number of carbonyl (C=O) groups excluding carboxylic acids is 2. The molecule has 2 N–H and O–H groups in total. The molecular weight excluding hydrogens is 409 g/mol. The smallest absolute Gasteiger partial charge is 0.254 e. The molecule has 0 radical (unpaired) electrons. The van der Waals surface area contributed by atoms with Gasteiger partial charge in [-0.15, -0.1) is 0 Å². The highest BCUT2D eigenvalue weighted by atomic mass is 19.1. The SMILES string of the molecule is Cn1cc(C(=O)NC2CCCC2)c(CC2CCN(CC(=O)Nc3ccc(F)cc3)CC2)n1. The van der Waals surface area contributed by atoms with Crippen molar-refractivity contribution >= 4 is 17.5 Å². The van der Waals surface area contributed by atoms with Crippen molar-refractivity contribution in [2.24, 2.45) is 13.0 Å². The van der Waals surface area contributed by atoms with Crippen molar-refractivity contribution in [3.05, 3.63) is 47.5 Å². The van der Waals surface area contributed by atoms with Crippen molar-refractivity contribution < 1.29 is 14.0 Å². The lowest BCUT2D eigenvalue weighted by Crippen LogP contribution is -2.39. The highest BCUT2D eigenvalue weighted by Crippen LogP contribution is 2.24. The molecule has 1 saturated heterocycles. The number of likely N-dealkylation sites (tertiary alicyclic amines) is 1. The average Bonchev–Trinajstić information content (AvgIpc) is 3.40. The molecule has 1 aromatic heterocycles. The minimum atomic E-state index is -0.322. The molecule has 0 bridgehead atoms. The first-order valence-electron chi connectivity index (χ1n) is 11.6. The fraction of sp³-hybridized carbons (Fsp3) is 0.542. The van der Waals surface area contributed by atoms with Crippen LogP contribution in [0.15, 0.2) is 30.5 Å². The van der Waals surface area contributed by atoms with Gasteiger partial charge in [0, 0.05) is 25.0 Å². The van der Waals surface area contributed by atoms with Crippen LogP contribution in [-0.4, -0.2) is 52.2 Å². The molecule has 2 amide bonds. The van der Waals surface area contributed by atoms with Crippen LogP contribution in [-0.2, 0) is 18.3 Å². The van der Waals surface area contributed by atoms with Gasteiger partial charge in [-0.3, -0.25) is 19.2 Å². The van der Waals surface area contributed by atoms with Crippen LogP contribution in [0.1, 0.15) is 54.6 Å². The average molecular weight is 442 g/mol. The standard InChI is InChI=1S/C24H32FN5O2/c1-29-15-21(24(32)27-19-4-2-3-5-19)22(28-29)14-17-10-12-30(13-11-17)16-23(31)26-20-8-6-18(25)7-9-20/h6-9,15,17,19H,2-5,10-14,16H2,1H3,(H,26,31)(H,27,32). The zero-order valence-electron chi connectivity index (χ0n) is 18.6. The molecule has 1 saturated carbocycles. The number of piperidine rings is 1. The van der Waals surface area contributed by atoms with Gasteiger partial charge < -0.3 is 10.6 Å². The van der Waals surface area contributed by atoms with E-state index in [0.29, 0.717) is 29.8 Å². The third kappa shape index (κ3) is 5.94. The van der Waals surface area contributed by atoms with Crippen molar-refractivity contribution in [1.29, 1.82) is 0 Å². The van der Waals surface area contributed by atoms with E-state index in [0.717, 1.165) is 50.9 Å². The molecule has 1 aliphatic carbocycles. The van der Waals surface area contributed by atoms with Crippen molar-refractivity contribution in [2.75, 3.05) is 25.0 Å². The van der Waals surface area contributed by atoms with Crippen molar-refractivity contribution in [2.45, 2.75) is 51.0 Å². The molecule has 1 aliphatic heterocycles. The molecule has 0 unspecified atom stereocenters. The fourth-order valence-corrected chi connectivity index (χ4v) is 4.77. The minimum Gasteiger partial charge on any atom is -0.349 e. The normalized spacial score (nSPS) is 18.1. The van der Waals surface area contributed by atoms with Crippen LogP contribution < -0.4 is 10.6 Å². The Hall–Kier alpha value is -2.74. The van der Waals surface area contributed by atoms with Crippen LogP contribution >= 0.6 is 0 Å². The molecule has 32 heavy (non-hydrogen) atoms. The molecule has 2 fully saturated rings. The Labute approximate surface area is 188 Å². The molecule has 2 heterocycles. The van der Waals surface area contributed by atoms with E-state index in [4.69, 9.17) is 0 Å². The number of aryl methyl sites for hydroxylation is 1. The Morgan fingerprint density at radius 2 is 1.78 bits per heavy atom. The molecule has 1 aromatic carbocycles. The fourth-order valence-electron chi connectivity index (χ4n) is 4.77. The summed E-state index contributed by atoms with van der Waals surface area (Å²) in [7, 11) is 1.86. The van der Waals surface area contributed by atoms with Gasteiger partial charge in [-0.2, -0.15) is 5.10 Å². The zero-order chi connectivity index (χ0) is 22.5. The van der Waals surface area contributed by atoms with Gasteiger partial charge in [0.05, 0.1) is 17.8 Å². The number of amides is 2. The van der Waals surface area contributed by atoms with E-state index in [9.17, 15) is 14.0 Å². The minimum absolute atomic E-state index is 0.00472. The summed E-state index contributed by atoms with van der Waals surface area (Å²) in [5, 5.41) is 10.6. The van der Waals surface area contributed by atoms with Gasteiger partial charge in [0.1, 0.15) is 5.82 Å². The Morgan fingerprint density at radius 1 is 1.09 bits per heavy atom. The van der Waals surface area contributed by atoms with Crippen LogP contribution in [0.5, 0.6) is 0 Å². The largest absolute Gasteiger partial charge is 0.349 e. The highest BCUT2D eigenvalue weighted by molar-refractivity contribution is 5.95. The molecule has 2 aliphatic rings. The molecule has 4 rings (SSSR count). The number of halogens is 1. The van der Waals surface area contributed by atoms with Gasteiger partial charge in [0.2, 0.25) is 5.91 Å². The van der Waals surface area contributed by atoms with E-state index in [1.54, 1.807) is 16.8 Å². The maximum atomic E-state index is 13.0. The van der Waals surface area contributed by atoms with Crippen LogP contribution in [0.3, 0.4) is 0 Å². The Morgan fingerprint density at radius 3 is 2.47 bits per heavy atom. The summed E-state index contributed by atoms with van der Waals surface area (Å²) in [6.45, 7) is 1.98. The summed E-state index contributed by atoms with van der Waals surface area (Å²) < 4.78 is 14.7. The molecule has 172 valence electrons. The molecule has 8 heteroatoms. The third-order valence-electron chi connectivity index (χ3n) is 6.52. The van der Waals surface area contributed by atoms with E-state index < -0.39 is 0 Å². The Kier molecular flexibility index (Phi) is 7.19. The first-order chi connectivity index (χ1) is 15.5. The summed E-state index contributed by atoms with van der Waals surface area (Å²) in [4.78, 5) is 27.2. The number of nitrogens with zero attached hydrogens (tertiary/aromatic N) is 3. The molecule has 7 nitrogen and oxygen atoms in total. The van der Waals surface area contributed by atoms with Gasteiger partial charge in [-0.1, -0.05) is 12.8 Å². The van der Waals surface area contributed by atoms with Gasteiger partial charge in [-0.25, -0.2) is 4.39 Å². The van der Waals surface area contributed by atoms with E-state index >= 15 is 0 Å². The van der Waals surface area contributed by atoms with Crippen LogP contribution in [0, 0.1) is 11.7 Å². The lowest BCUT2D eigenvalue weighted by molar-refractivity contribution is -0.117. The monoisotopic (exact) mass is 441 g/mol. The lowest BCUT2D eigenvalue weighted by atomic mass is 9.91. The van der Waals surface area contributed by atoms with E-state index in [1.807, 2.05) is 13.2 Å². The first kappa shape index (κ1) is 22.5. The summed E-state index contributed by atoms with van der Waals surface area (Å²) >= 11 is 0. The lowest BCUT2D eigenvalue weighted by Gasteiger charge is -2.31. The van der Waals surface area contributed by atoms with Crippen molar-refractivity contribution in [3.63, 3.8) is 0 Å². The predicted molar refractivity (Wildman–Crippen MR) is 121 cm³/mol. The number of hydrogen-bond acceptors (Lipinski definition) is 4. The number of aromatic nitrogens is 2. The Balaban J connectivity index is 1.25. The summed E-state index contributed by atoms with van der Waals surface area (Å²) in [6.07, 6.45) is 9.03. The molecule has 0 spiro atoms. The molecular formula is C24H32FN5O2. The van der Waals surface area contributed by atoms with E-state index in [1.165, 1.54) is 25.0 Å². The summed E-state index contributed by atoms with van der Waals surface area (Å²) in [6, 6.07) is 6.08. The second-order valence-electron chi connectivity index (χ2n) is 9.10. The number of benzene rings is 1. The molecule has 2 aromatic rings. The summed E-state index contributed by atoms with van der Waals surface area (Å²) in [5.41, 5.74) is 2.17. The Bertz CT molecular complexity index is 928. The number of hydrogen-bond donors (Lipinski definition) is 2. The third-order valence-corrected chi connectivity index (χ3v) is 6.52. The van der Waals surface area contributed by atoms with Crippen LogP contribution in [0.25, 0.3) is 0 Å². The van der Waals surface area contributed by atoms with Gasteiger partial charge in [0.25, 0.3) is 5.91 Å². The second kappa shape index (κ2) is 10.3. The predicted octanol–water partition coefficient (Wildman–Crippen LogP) is 3.12. The van der Waals surface area contributed by atoms with Crippen LogP contribution in [0.4, 0.5) is 10.1 Å². The van der Waals surface area contributed by atoms with Gasteiger partial charge >= 0.3 is 0 Å². The van der Waals surface area contributed by atoms with E-state index in [2.05, 4.69) is 20.6 Å². The number of carbonyl (C=O) groups is 2. The second-order valence-corrected chi connectivity index (χ2v) is 9.10. The van der Waals surface area contributed by atoms with E-state index in [-0.39, 0.29) is 17.6 Å². The topological polar surface area (TPSA) is 79.3 Å². The maximum Gasteiger partial charge on any atom is 0.254 e. The van der Waals surface area contributed by atoms with Gasteiger partial charge in [0.15, 0.2) is 0 Å². The zero-order valence-corrected chi connectivity index (χ0v) is 18.6. The van der Waals surface area contributed by atoms with Gasteiger partial charge in [-0.05, 0) is 75.4 Å². The summed E-state index contributed by atoms with van der Waals surface area (Å²) in [5.74, 6) is 0.0250. The number of rotatable bonds is 7. The maximum absolute atomic E-state index is 13.0. The highest BCUT2D eigenvalue weighted by Gasteiger charge is 2.26.